The van der Waals surface area contributed by atoms with Crippen LogP contribution < -0.4 is 0 Å². The number of nitrogens with zero attached hydrogens (tertiary/aromatic N) is 1. The fraction of sp³-hybridized carbons (Fsp3) is 0.667. The Balaban J connectivity index is 2.13. The standard InChI is InChI=1S/C15H21NO/c1-10-9-12-13(5-4-6-14(12)17)16(10)15(2,3)11-7-8-11/h9,11H,4-8H2,1-3H3. The summed E-state index contributed by atoms with van der Waals surface area (Å²) in [6.45, 7) is 6.81. The SMILES string of the molecule is Cc1cc2c(n1C(C)(C)C1CC1)CCCC2=O. The maximum Gasteiger partial charge on any atom is 0.164 e. The average Bonchev–Trinajstić information content (AvgIpc) is 3.03. The molecule has 0 aliphatic heterocycles. The summed E-state index contributed by atoms with van der Waals surface area (Å²) in [6, 6.07) is 2.11. The molecule has 0 bridgehead atoms. The van der Waals surface area contributed by atoms with Gasteiger partial charge in [-0.15, -0.1) is 0 Å². The van der Waals surface area contributed by atoms with E-state index in [0.29, 0.717) is 5.78 Å². The number of aryl methyl sites for hydroxylation is 1. The lowest BCUT2D eigenvalue weighted by Gasteiger charge is -2.32. The molecule has 2 heteroatoms. The molecule has 0 aromatic carbocycles. The van der Waals surface area contributed by atoms with Crippen LogP contribution in [-0.2, 0) is 12.0 Å². The van der Waals surface area contributed by atoms with Gasteiger partial charge in [-0.2, -0.15) is 0 Å². The number of hydrogen-bond donors (Lipinski definition) is 0. The summed E-state index contributed by atoms with van der Waals surface area (Å²) in [5.74, 6) is 1.15. The van der Waals surface area contributed by atoms with E-state index >= 15 is 0 Å². The van der Waals surface area contributed by atoms with Crippen molar-refractivity contribution in [2.75, 3.05) is 0 Å². The van der Waals surface area contributed by atoms with E-state index in [-0.39, 0.29) is 5.54 Å². The summed E-state index contributed by atoms with van der Waals surface area (Å²) in [5.41, 5.74) is 3.76. The van der Waals surface area contributed by atoms with Gasteiger partial charge in [-0.3, -0.25) is 4.79 Å². The van der Waals surface area contributed by atoms with E-state index in [1.165, 1.54) is 24.2 Å². The zero-order valence-electron chi connectivity index (χ0n) is 11.0. The molecule has 92 valence electrons. The molecule has 1 aromatic heterocycles. The number of fused-ring (bicyclic) bond motifs is 1. The van der Waals surface area contributed by atoms with Gasteiger partial charge in [0.2, 0.25) is 0 Å². The van der Waals surface area contributed by atoms with Gasteiger partial charge in [0.1, 0.15) is 0 Å². The van der Waals surface area contributed by atoms with Gasteiger partial charge in [-0.1, -0.05) is 0 Å². The molecule has 0 atom stereocenters. The number of rotatable bonds is 2. The summed E-state index contributed by atoms with van der Waals surface area (Å²) in [7, 11) is 0. The van der Waals surface area contributed by atoms with Crippen LogP contribution in [0.15, 0.2) is 6.07 Å². The highest BCUT2D eigenvalue weighted by molar-refractivity contribution is 5.98. The highest BCUT2D eigenvalue weighted by Gasteiger charge is 2.41. The summed E-state index contributed by atoms with van der Waals surface area (Å²) in [4.78, 5) is 12.0. The molecule has 1 aromatic rings. The Bertz CT molecular complexity index is 477. The van der Waals surface area contributed by atoms with Crippen LogP contribution in [0.5, 0.6) is 0 Å². The number of carbonyl (C=O) groups is 1. The van der Waals surface area contributed by atoms with Gasteiger partial charge in [-0.05, 0) is 58.4 Å². The van der Waals surface area contributed by atoms with Crippen molar-refractivity contribution in [2.45, 2.75) is 58.4 Å². The Morgan fingerprint density at radius 1 is 1.29 bits per heavy atom. The molecule has 3 rings (SSSR count). The Kier molecular flexibility index (Phi) is 2.26. The lowest BCUT2D eigenvalue weighted by Crippen LogP contribution is -2.32. The van der Waals surface area contributed by atoms with Crippen molar-refractivity contribution in [2.24, 2.45) is 5.92 Å². The summed E-state index contributed by atoms with van der Waals surface area (Å²) >= 11 is 0. The van der Waals surface area contributed by atoms with Crippen molar-refractivity contribution in [1.82, 2.24) is 4.57 Å². The molecule has 0 radical (unpaired) electrons. The summed E-state index contributed by atoms with van der Waals surface area (Å²) < 4.78 is 2.46. The molecule has 1 saturated carbocycles. The van der Waals surface area contributed by atoms with Crippen molar-refractivity contribution >= 4 is 5.78 Å². The number of aromatic nitrogens is 1. The van der Waals surface area contributed by atoms with Crippen LogP contribution in [0, 0.1) is 12.8 Å². The highest BCUT2D eigenvalue weighted by Crippen LogP contribution is 2.46. The smallest absolute Gasteiger partial charge is 0.164 e. The first-order chi connectivity index (χ1) is 8.01. The second-order valence-electron chi connectivity index (χ2n) is 6.19. The zero-order valence-corrected chi connectivity index (χ0v) is 11.0. The fourth-order valence-corrected chi connectivity index (χ4v) is 3.50. The van der Waals surface area contributed by atoms with E-state index in [4.69, 9.17) is 0 Å². The highest BCUT2D eigenvalue weighted by atomic mass is 16.1. The van der Waals surface area contributed by atoms with Crippen molar-refractivity contribution in [3.63, 3.8) is 0 Å². The molecule has 0 amide bonds. The molecule has 17 heavy (non-hydrogen) atoms. The molecule has 2 aliphatic rings. The lowest BCUT2D eigenvalue weighted by atomic mass is 9.93. The predicted octanol–water partition coefficient (Wildman–Crippen LogP) is 3.46. The third kappa shape index (κ3) is 1.57. The average molecular weight is 231 g/mol. The van der Waals surface area contributed by atoms with Gasteiger partial charge in [-0.25, -0.2) is 0 Å². The minimum atomic E-state index is 0.190. The number of hydrogen-bond acceptors (Lipinski definition) is 1. The minimum absolute atomic E-state index is 0.190. The Hall–Kier alpha value is -1.05. The van der Waals surface area contributed by atoms with E-state index in [1.807, 2.05) is 0 Å². The fourth-order valence-electron chi connectivity index (χ4n) is 3.50. The van der Waals surface area contributed by atoms with Crippen molar-refractivity contribution < 1.29 is 4.79 Å². The predicted molar refractivity (Wildman–Crippen MR) is 68.5 cm³/mol. The van der Waals surface area contributed by atoms with Crippen LogP contribution in [0.2, 0.25) is 0 Å². The van der Waals surface area contributed by atoms with Crippen LogP contribution >= 0.6 is 0 Å². The quantitative estimate of drug-likeness (QED) is 0.764. The minimum Gasteiger partial charge on any atom is -0.342 e. The molecule has 0 spiro atoms. The van der Waals surface area contributed by atoms with Gasteiger partial charge in [0, 0.05) is 28.9 Å². The first kappa shape index (κ1) is 11.1. The summed E-state index contributed by atoms with van der Waals surface area (Å²) in [6.07, 6.45) is 5.52. The third-order valence-electron chi connectivity index (χ3n) is 4.56. The van der Waals surface area contributed by atoms with Crippen LogP contribution in [0.25, 0.3) is 0 Å². The van der Waals surface area contributed by atoms with Crippen LogP contribution in [0.3, 0.4) is 0 Å². The topological polar surface area (TPSA) is 22.0 Å². The molecule has 2 aliphatic carbocycles. The van der Waals surface area contributed by atoms with Gasteiger partial charge in [0.25, 0.3) is 0 Å². The monoisotopic (exact) mass is 231 g/mol. The molecule has 0 N–H and O–H groups in total. The lowest BCUT2D eigenvalue weighted by molar-refractivity contribution is 0.0970. The van der Waals surface area contributed by atoms with E-state index in [9.17, 15) is 4.79 Å². The van der Waals surface area contributed by atoms with E-state index in [1.54, 1.807) is 0 Å². The van der Waals surface area contributed by atoms with Crippen LogP contribution in [0.4, 0.5) is 0 Å². The number of carbonyl (C=O) groups excluding carboxylic acids is 1. The third-order valence-corrected chi connectivity index (χ3v) is 4.56. The Morgan fingerprint density at radius 2 is 2.00 bits per heavy atom. The van der Waals surface area contributed by atoms with Gasteiger partial charge < -0.3 is 4.57 Å². The molecule has 0 unspecified atom stereocenters. The maximum absolute atomic E-state index is 12.0. The number of Topliss-reactive ketones (excluding diaryl/α,β-unsaturated/α-hetero) is 1. The van der Waals surface area contributed by atoms with Crippen molar-refractivity contribution in [1.29, 1.82) is 0 Å². The molecule has 1 fully saturated rings. The van der Waals surface area contributed by atoms with E-state index < -0.39 is 0 Å². The first-order valence-corrected chi connectivity index (χ1v) is 6.76. The van der Waals surface area contributed by atoms with Gasteiger partial charge in [0.15, 0.2) is 5.78 Å². The number of ketones is 1. The molecular weight excluding hydrogens is 210 g/mol. The Morgan fingerprint density at radius 3 is 2.65 bits per heavy atom. The van der Waals surface area contributed by atoms with Gasteiger partial charge >= 0.3 is 0 Å². The van der Waals surface area contributed by atoms with E-state index in [2.05, 4.69) is 31.4 Å². The first-order valence-electron chi connectivity index (χ1n) is 6.76. The second-order valence-corrected chi connectivity index (χ2v) is 6.19. The molecule has 2 nitrogen and oxygen atoms in total. The normalized spacial score (nSPS) is 20.5. The second kappa shape index (κ2) is 3.47. The zero-order chi connectivity index (χ0) is 12.2. The largest absolute Gasteiger partial charge is 0.342 e. The van der Waals surface area contributed by atoms with Crippen LogP contribution in [0.1, 0.15) is 61.3 Å². The molecule has 1 heterocycles. The maximum atomic E-state index is 12.0. The van der Waals surface area contributed by atoms with E-state index in [0.717, 1.165) is 30.7 Å². The van der Waals surface area contributed by atoms with Crippen LogP contribution in [-0.4, -0.2) is 10.4 Å². The summed E-state index contributed by atoms with van der Waals surface area (Å²) in [5, 5.41) is 0. The van der Waals surface area contributed by atoms with Gasteiger partial charge in [0.05, 0.1) is 0 Å². The van der Waals surface area contributed by atoms with Crippen molar-refractivity contribution in [3.8, 4) is 0 Å². The molecule has 0 saturated heterocycles. The van der Waals surface area contributed by atoms with Crippen molar-refractivity contribution in [3.05, 3.63) is 23.0 Å². The molecular formula is C15H21NO. The Labute approximate surface area is 103 Å².